The molecule has 0 aliphatic heterocycles. The van der Waals surface area contributed by atoms with Crippen molar-refractivity contribution >= 4 is 11.9 Å². The molecule has 1 aromatic heterocycles. The van der Waals surface area contributed by atoms with Gasteiger partial charge in [0.1, 0.15) is 0 Å². The van der Waals surface area contributed by atoms with Gasteiger partial charge < -0.3 is 4.42 Å². The Kier molecular flexibility index (Phi) is 4.75. The molecule has 0 bridgehead atoms. The topological polar surface area (TPSA) is 68.0 Å². The summed E-state index contributed by atoms with van der Waals surface area (Å²) in [5.74, 6) is -0.317. The Morgan fingerprint density at radius 2 is 1.85 bits per heavy atom. The van der Waals surface area contributed by atoms with E-state index >= 15 is 0 Å². The molecular weight excluding hydrogens is 347 g/mol. The normalized spacial score (nSPS) is 11.4. The number of nitrogens with zero attached hydrogens (tertiary/aromatic N) is 2. The van der Waals surface area contributed by atoms with E-state index in [9.17, 15) is 18.0 Å². The van der Waals surface area contributed by atoms with Gasteiger partial charge in [-0.3, -0.25) is 10.1 Å². The summed E-state index contributed by atoms with van der Waals surface area (Å²) in [4.78, 5) is 12.0. The zero-order valence-corrected chi connectivity index (χ0v) is 13.7. The predicted octanol–water partition coefficient (Wildman–Crippen LogP) is 4.25. The summed E-state index contributed by atoms with van der Waals surface area (Å²) < 4.78 is 43.0. The fraction of sp³-hybridized carbons (Fsp3) is 0.167. The number of benzene rings is 2. The van der Waals surface area contributed by atoms with E-state index in [4.69, 9.17) is 4.42 Å². The molecule has 0 fully saturated rings. The average Bonchev–Trinajstić information content (AvgIpc) is 3.02. The van der Waals surface area contributed by atoms with Crippen molar-refractivity contribution in [2.75, 3.05) is 5.32 Å². The first-order valence-electron chi connectivity index (χ1n) is 7.68. The second kappa shape index (κ2) is 6.99. The van der Waals surface area contributed by atoms with E-state index in [1.54, 1.807) is 0 Å². The Morgan fingerprint density at radius 3 is 2.50 bits per heavy atom. The standard InChI is InChI=1S/C18H14F3N3O2/c1-11-3-2-4-12(9-11)10-15(25)22-17-24-23-16(26-17)13-5-7-14(8-6-13)18(19,20)21/h2-9H,10H2,1H3,(H,22,24,25). The number of anilines is 1. The van der Waals surface area contributed by atoms with E-state index < -0.39 is 11.7 Å². The lowest BCUT2D eigenvalue weighted by Crippen LogP contribution is -2.14. The van der Waals surface area contributed by atoms with Crippen LogP contribution in [0, 0.1) is 6.92 Å². The summed E-state index contributed by atoms with van der Waals surface area (Å²) in [6.45, 7) is 1.93. The third kappa shape index (κ3) is 4.27. The van der Waals surface area contributed by atoms with Crippen LogP contribution in [-0.2, 0) is 17.4 Å². The number of aromatic nitrogens is 2. The highest BCUT2D eigenvalue weighted by atomic mass is 19.4. The molecule has 26 heavy (non-hydrogen) atoms. The second-order valence-electron chi connectivity index (χ2n) is 5.70. The van der Waals surface area contributed by atoms with Gasteiger partial charge >= 0.3 is 12.2 Å². The van der Waals surface area contributed by atoms with Crippen LogP contribution in [0.5, 0.6) is 0 Å². The molecule has 0 spiro atoms. The molecule has 0 saturated carbocycles. The van der Waals surface area contributed by atoms with Crippen molar-refractivity contribution in [2.24, 2.45) is 0 Å². The van der Waals surface area contributed by atoms with Gasteiger partial charge in [0.2, 0.25) is 11.8 Å². The first kappa shape index (κ1) is 17.7. The van der Waals surface area contributed by atoms with Crippen LogP contribution in [-0.4, -0.2) is 16.1 Å². The number of rotatable bonds is 4. The fourth-order valence-electron chi connectivity index (χ4n) is 2.36. The number of amides is 1. The van der Waals surface area contributed by atoms with E-state index in [-0.39, 0.29) is 24.2 Å². The molecule has 8 heteroatoms. The van der Waals surface area contributed by atoms with Crippen molar-refractivity contribution in [2.45, 2.75) is 19.5 Å². The van der Waals surface area contributed by atoms with Crippen molar-refractivity contribution < 1.29 is 22.4 Å². The number of carbonyl (C=O) groups is 1. The van der Waals surface area contributed by atoms with Crippen LogP contribution in [0.2, 0.25) is 0 Å². The van der Waals surface area contributed by atoms with Crippen molar-refractivity contribution in [3.8, 4) is 11.5 Å². The quantitative estimate of drug-likeness (QED) is 0.755. The highest BCUT2D eigenvalue weighted by Crippen LogP contribution is 2.30. The van der Waals surface area contributed by atoms with E-state index in [2.05, 4.69) is 15.5 Å². The maximum atomic E-state index is 12.6. The van der Waals surface area contributed by atoms with Crippen molar-refractivity contribution in [3.05, 3.63) is 65.2 Å². The lowest BCUT2D eigenvalue weighted by Gasteiger charge is -2.05. The van der Waals surface area contributed by atoms with E-state index in [1.807, 2.05) is 31.2 Å². The largest absolute Gasteiger partial charge is 0.416 e. The van der Waals surface area contributed by atoms with Crippen LogP contribution in [0.3, 0.4) is 0 Å². The number of alkyl halides is 3. The van der Waals surface area contributed by atoms with Crippen LogP contribution in [0.25, 0.3) is 11.5 Å². The predicted molar refractivity (Wildman–Crippen MR) is 88.2 cm³/mol. The first-order chi connectivity index (χ1) is 12.3. The van der Waals surface area contributed by atoms with Crippen molar-refractivity contribution in [1.82, 2.24) is 10.2 Å². The fourth-order valence-corrected chi connectivity index (χ4v) is 2.36. The molecule has 0 saturated heterocycles. The number of hydrogen-bond acceptors (Lipinski definition) is 4. The van der Waals surface area contributed by atoms with Gasteiger partial charge in [-0.2, -0.15) is 13.2 Å². The van der Waals surface area contributed by atoms with Crippen molar-refractivity contribution in [1.29, 1.82) is 0 Å². The minimum Gasteiger partial charge on any atom is -0.403 e. The number of halogens is 3. The molecule has 3 rings (SSSR count). The molecule has 1 amide bonds. The number of carbonyl (C=O) groups excluding carboxylic acids is 1. The molecule has 1 N–H and O–H groups in total. The van der Waals surface area contributed by atoms with Gasteiger partial charge in [-0.15, -0.1) is 5.10 Å². The molecule has 0 aliphatic rings. The Morgan fingerprint density at radius 1 is 1.12 bits per heavy atom. The molecule has 134 valence electrons. The van der Waals surface area contributed by atoms with Crippen LogP contribution < -0.4 is 5.32 Å². The number of nitrogens with one attached hydrogen (secondary N) is 1. The summed E-state index contributed by atoms with van der Waals surface area (Å²) in [6, 6.07) is 11.7. The Bertz CT molecular complexity index is 918. The average molecular weight is 361 g/mol. The second-order valence-corrected chi connectivity index (χ2v) is 5.70. The summed E-state index contributed by atoms with van der Waals surface area (Å²) in [5, 5.41) is 9.91. The van der Waals surface area contributed by atoms with E-state index in [0.717, 1.165) is 23.3 Å². The summed E-state index contributed by atoms with van der Waals surface area (Å²) in [7, 11) is 0. The maximum Gasteiger partial charge on any atom is 0.416 e. The van der Waals surface area contributed by atoms with E-state index in [0.29, 0.717) is 5.56 Å². The van der Waals surface area contributed by atoms with Gasteiger partial charge in [0.15, 0.2) is 0 Å². The summed E-state index contributed by atoms with van der Waals surface area (Å²) in [6.07, 6.45) is -4.28. The molecular formula is C18H14F3N3O2. The van der Waals surface area contributed by atoms with Gasteiger partial charge in [-0.25, -0.2) is 0 Å². The molecule has 0 aliphatic carbocycles. The molecule has 5 nitrogen and oxygen atoms in total. The van der Waals surface area contributed by atoms with Gasteiger partial charge in [0, 0.05) is 5.56 Å². The van der Waals surface area contributed by atoms with Gasteiger partial charge in [-0.1, -0.05) is 34.9 Å². The summed E-state index contributed by atoms with van der Waals surface area (Å²) in [5.41, 5.74) is 1.43. The maximum absolute atomic E-state index is 12.6. The zero-order chi connectivity index (χ0) is 18.7. The molecule has 2 aromatic carbocycles. The molecule has 3 aromatic rings. The number of hydrogen-bond donors (Lipinski definition) is 1. The Labute approximate surface area is 146 Å². The minimum absolute atomic E-state index is 0.0181. The van der Waals surface area contributed by atoms with Gasteiger partial charge in [-0.05, 0) is 36.8 Å². The number of aryl methyl sites for hydroxylation is 1. The summed E-state index contributed by atoms with van der Waals surface area (Å²) >= 11 is 0. The Balaban J connectivity index is 1.67. The van der Waals surface area contributed by atoms with Crippen molar-refractivity contribution in [3.63, 3.8) is 0 Å². The molecule has 0 unspecified atom stereocenters. The van der Waals surface area contributed by atoms with Crippen LogP contribution in [0.15, 0.2) is 52.9 Å². The SMILES string of the molecule is Cc1cccc(CC(=O)Nc2nnc(-c3ccc(C(F)(F)F)cc3)o2)c1. The van der Waals surface area contributed by atoms with Crippen LogP contribution in [0.1, 0.15) is 16.7 Å². The monoisotopic (exact) mass is 361 g/mol. The minimum atomic E-state index is -4.41. The van der Waals surface area contributed by atoms with Crippen LogP contribution in [0.4, 0.5) is 19.2 Å². The van der Waals surface area contributed by atoms with Crippen LogP contribution >= 0.6 is 0 Å². The smallest absolute Gasteiger partial charge is 0.403 e. The Hall–Kier alpha value is -3.16. The zero-order valence-electron chi connectivity index (χ0n) is 13.7. The lowest BCUT2D eigenvalue weighted by molar-refractivity contribution is -0.137. The highest BCUT2D eigenvalue weighted by Gasteiger charge is 2.30. The van der Waals surface area contributed by atoms with Gasteiger partial charge in [0.05, 0.1) is 12.0 Å². The molecule has 1 heterocycles. The highest BCUT2D eigenvalue weighted by molar-refractivity contribution is 5.90. The third-order valence-corrected chi connectivity index (χ3v) is 3.58. The lowest BCUT2D eigenvalue weighted by atomic mass is 10.1. The molecule has 0 atom stereocenters. The van der Waals surface area contributed by atoms with Gasteiger partial charge in [0.25, 0.3) is 0 Å². The van der Waals surface area contributed by atoms with E-state index in [1.165, 1.54) is 12.1 Å². The first-order valence-corrected chi connectivity index (χ1v) is 7.68. The third-order valence-electron chi connectivity index (χ3n) is 3.58. The molecule has 0 radical (unpaired) electrons.